The van der Waals surface area contributed by atoms with Crippen LogP contribution < -0.4 is 9.47 Å². The lowest BCUT2D eigenvalue weighted by atomic mass is 10.1. The Bertz CT molecular complexity index is 870. The number of carbonyl (C=O) groups is 1. The van der Waals surface area contributed by atoms with Crippen molar-refractivity contribution in [1.82, 2.24) is 4.57 Å². The van der Waals surface area contributed by atoms with Crippen molar-refractivity contribution in [2.75, 3.05) is 14.2 Å². The van der Waals surface area contributed by atoms with Crippen molar-refractivity contribution in [3.8, 4) is 11.5 Å². The van der Waals surface area contributed by atoms with Crippen LogP contribution in [0.25, 0.3) is 10.9 Å². The molecule has 0 saturated heterocycles. The molecule has 0 amide bonds. The van der Waals surface area contributed by atoms with Crippen LogP contribution in [-0.4, -0.2) is 24.6 Å². The molecule has 0 fully saturated rings. The van der Waals surface area contributed by atoms with Crippen molar-refractivity contribution < 1.29 is 14.3 Å². The van der Waals surface area contributed by atoms with Crippen LogP contribution in [0, 0.1) is 0 Å². The number of rotatable bonds is 5. The fraction of sp³-hybridized carbons (Fsp3) is 0.167. The molecule has 3 aromatic rings. The molecular formula is C18H16ClNO3. The number of ether oxygens (including phenoxy) is 2. The third-order valence-corrected chi connectivity index (χ3v) is 3.99. The highest BCUT2D eigenvalue weighted by Gasteiger charge is 2.15. The van der Waals surface area contributed by atoms with Crippen LogP contribution in [0.4, 0.5) is 0 Å². The average molecular weight is 330 g/mol. The summed E-state index contributed by atoms with van der Waals surface area (Å²) >= 11 is 5.99. The second kappa shape index (κ2) is 6.34. The first kappa shape index (κ1) is 15.4. The number of Topliss-reactive ketones (excluding diaryl/α,β-unsaturated/α-hetero) is 1. The van der Waals surface area contributed by atoms with Gasteiger partial charge in [0.1, 0.15) is 11.5 Å². The van der Waals surface area contributed by atoms with E-state index >= 15 is 0 Å². The van der Waals surface area contributed by atoms with Crippen molar-refractivity contribution in [1.29, 1.82) is 0 Å². The van der Waals surface area contributed by atoms with Gasteiger partial charge in [-0.05, 0) is 36.4 Å². The number of hydrogen-bond donors (Lipinski definition) is 0. The van der Waals surface area contributed by atoms with Gasteiger partial charge in [0.15, 0.2) is 5.78 Å². The van der Waals surface area contributed by atoms with E-state index in [2.05, 4.69) is 0 Å². The normalized spacial score (nSPS) is 10.7. The fourth-order valence-electron chi connectivity index (χ4n) is 2.58. The topological polar surface area (TPSA) is 40.5 Å². The lowest BCUT2D eigenvalue weighted by Gasteiger charge is -2.10. The highest BCUT2D eigenvalue weighted by molar-refractivity contribution is 6.31. The quantitative estimate of drug-likeness (QED) is 0.659. The molecule has 4 nitrogen and oxygen atoms in total. The Labute approximate surface area is 139 Å². The maximum absolute atomic E-state index is 12.6. The van der Waals surface area contributed by atoms with Crippen LogP contribution in [0.2, 0.25) is 5.02 Å². The van der Waals surface area contributed by atoms with Gasteiger partial charge >= 0.3 is 0 Å². The van der Waals surface area contributed by atoms with Crippen molar-refractivity contribution in [2.45, 2.75) is 6.54 Å². The van der Waals surface area contributed by atoms with Crippen molar-refractivity contribution in [3.05, 3.63) is 59.2 Å². The van der Waals surface area contributed by atoms with Gasteiger partial charge in [-0.25, -0.2) is 0 Å². The number of hydrogen-bond acceptors (Lipinski definition) is 3. The fourth-order valence-corrected chi connectivity index (χ4v) is 2.76. The minimum Gasteiger partial charge on any atom is -0.497 e. The molecule has 0 spiro atoms. The molecular weight excluding hydrogens is 314 g/mol. The van der Waals surface area contributed by atoms with Gasteiger partial charge in [-0.15, -0.1) is 0 Å². The van der Waals surface area contributed by atoms with Crippen LogP contribution in [0.15, 0.2) is 48.7 Å². The van der Waals surface area contributed by atoms with Gasteiger partial charge in [0.2, 0.25) is 0 Å². The summed E-state index contributed by atoms with van der Waals surface area (Å²) in [5.41, 5.74) is 1.50. The highest BCUT2D eigenvalue weighted by Crippen LogP contribution is 2.26. The van der Waals surface area contributed by atoms with E-state index in [9.17, 15) is 4.79 Å². The largest absolute Gasteiger partial charge is 0.497 e. The molecule has 0 aliphatic heterocycles. The molecule has 0 aliphatic rings. The van der Waals surface area contributed by atoms with E-state index in [0.717, 1.165) is 10.9 Å². The van der Waals surface area contributed by atoms with E-state index < -0.39 is 0 Å². The Kier molecular flexibility index (Phi) is 4.26. The van der Waals surface area contributed by atoms with Crippen molar-refractivity contribution in [3.63, 3.8) is 0 Å². The lowest BCUT2D eigenvalue weighted by Crippen LogP contribution is -2.11. The molecule has 23 heavy (non-hydrogen) atoms. The van der Waals surface area contributed by atoms with Crippen LogP contribution in [0.1, 0.15) is 10.4 Å². The number of methoxy groups -OCH3 is 2. The zero-order chi connectivity index (χ0) is 16.4. The molecule has 3 rings (SSSR count). The number of benzene rings is 2. The average Bonchev–Trinajstić information content (AvgIpc) is 2.96. The minimum absolute atomic E-state index is 0.0306. The van der Waals surface area contributed by atoms with Gasteiger partial charge in [-0.1, -0.05) is 11.6 Å². The summed E-state index contributed by atoms with van der Waals surface area (Å²) in [5.74, 6) is 1.13. The SMILES string of the molecule is COc1ccc(C(=O)Cn2ccc3cc(Cl)ccc32)c(OC)c1. The zero-order valence-electron chi connectivity index (χ0n) is 12.9. The summed E-state index contributed by atoms with van der Waals surface area (Å²) in [5, 5.41) is 1.69. The van der Waals surface area contributed by atoms with Gasteiger partial charge in [0, 0.05) is 28.2 Å². The maximum atomic E-state index is 12.6. The van der Waals surface area contributed by atoms with E-state index in [4.69, 9.17) is 21.1 Å². The minimum atomic E-state index is -0.0306. The van der Waals surface area contributed by atoms with Crippen LogP contribution in [-0.2, 0) is 6.54 Å². The van der Waals surface area contributed by atoms with E-state index in [1.165, 1.54) is 0 Å². The number of aromatic nitrogens is 1. The lowest BCUT2D eigenvalue weighted by molar-refractivity contribution is 0.0970. The Morgan fingerprint density at radius 3 is 2.65 bits per heavy atom. The van der Waals surface area contributed by atoms with Crippen molar-refractivity contribution in [2.24, 2.45) is 0 Å². The molecule has 0 radical (unpaired) electrons. The van der Waals surface area contributed by atoms with E-state index in [1.807, 2.05) is 35.0 Å². The summed E-state index contributed by atoms with van der Waals surface area (Å²) in [6.45, 7) is 0.230. The Morgan fingerprint density at radius 1 is 1.09 bits per heavy atom. The number of ketones is 1. The monoisotopic (exact) mass is 329 g/mol. The number of carbonyl (C=O) groups excluding carboxylic acids is 1. The van der Waals surface area contributed by atoms with Gasteiger partial charge < -0.3 is 14.0 Å². The summed E-state index contributed by atoms with van der Waals surface area (Å²) in [4.78, 5) is 12.6. The Morgan fingerprint density at radius 2 is 1.91 bits per heavy atom. The molecule has 118 valence electrons. The van der Waals surface area contributed by atoms with Gasteiger partial charge in [0.05, 0.1) is 26.3 Å². The molecule has 0 saturated carbocycles. The Balaban J connectivity index is 1.91. The molecule has 0 aliphatic carbocycles. The smallest absolute Gasteiger partial charge is 0.186 e. The molecule has 0 atom stereocenters. The third kappa shape index (κ3) is 3.03. The summed E-state index contributed by atoms with van der Waals surface area (Å²) < 4.78 is 12.4. The molecule has 0 N–H and O–H groups in total. The second-order valence-electron chi connectivity index (χ2n) is 5.14. The standard InChI is InChI=1S/C18H16ClNO3/c1-22-14-4-5-15(18(10-14)23-2)17(21)11-20-8-7-12-9-13(19)3-6-16(12)20/h3-10H,11H2,1-2H3. The summed E-state index contributed by atoms with van der Waals surface area (Å²) in [6, 6.07) is 12.7. The first-order chi connectivity index (χ1) is 11.1. The predicted molar refractivity (Wildman–Crippen MR) is 90.8 cm³/mol. The van der Waals surface area contributed by atoms with Crippen LogP contribution in [0.5, 0.6) is 11.5 Å². The highest BCUT2D eigenvalue weighted by atomic mass is 35.5. The predicted octanol–water partition coefficient (Wildman–Crippen LogP) is 4.19. The third-order valence-electron chi connectivity index (χ3n) is 3.76. The number of halogens is 1. The van der Waals surface area contributed by atoms with Gasteiger partial charge in [0.25, 0.3) is 0 Å². The molecule has 1 heterocycles. The molecule has 0 unspecified atom stereocenters. The van der Waals surface area contributed by atoms with E-state index in [1.54, 1.807) is 32.4 Å². The second-order valence-corrected chi connectivity index (χ2v) is 5.57. The summed E-state index contributed by atoms with van der Waals surface area (Å²) in [7, 11) is 3.12. The van der Waals surface area contributed by atoms with Crippen molar-refractivity contribution >= 4 is 28.3 Å². The van der Waals surface area contributed by atoms with Crippen LogP contribution in [0.3, 0.4) is 0 Å². The molecule has 0 bridgehead atoms. The van der Waals surface area contributed by atoms with Gasteiger partial charge in [-0.3, -0.25) is 4.79 Å². The van der Waals surface area contributed by atoms with E-state index in [0.29, 0.717) is 22.1 Å². The van der Waals surface area contributed by atoms with Gasteiger partial charge in [-0.2, -0.15) is 0 Å². The van der Waals surface area contributed by atoms with Crippen LogP contribution >= 0.6 is 11.6 Å². The summed E-state index contributed by atoms with van der Waals surface area (Å²) in [6.07, 6.45) is 1.88. The van der Waals surface area contributed by atoms with E-state index in [-0.39, 0.29) is 12.3 Å². The maximum Gasteiger partial charge on any atom is 0.186 e. The number of fused-ring (bicyclic) bond motifs is 1. The molecule has 1 aromatic heterocycles. The zero-order valence-corrected chi connectivity index (χ0v) is 13.6. The first-order valence-electron chi connectivity index (χ1n) is 7.12. The molecule has 5 heteroatoms. The first-order valence-corrected chi connectivity index (χ1v) is 7.50. The molecule has 2 aromatic carbocycles. The Hall–Kier alpha value is -2.46. The number of nitrogens with zero attached hydrogens (tertiary/aromatic N) is 1.